The monoisotopic (exact) mass is 341 g/mol. The standard InChI is InChI=1S/C19H23N3O3/c1-11-3-8-15(12(2)9-11)16-10-17(22-21-16)18(23)20-14-6-4-13(5-7-14)19(24)25/h3,8-10,13-14H,4-7H2,1-2H3,(H,20,23)(H,21,22)(H,24,25). The maximum atomic E-state index is 12.4. The van der Waals surface area contributed by atoms with Gasteiger partial charge in [-0.25, -0.2) is 0 Å². The molecular formula is C19H23N3O3. The van der Waals surface area contributed by atoms with Gasteiger partial charge in [-0.1, -0.05) is 23.8 Å². The molecule has 132 valence electrons. The Morgan fingerprint density at radius 2 is 1.88 bits per heavy atom. The lowest BCUT2D eigenvalue weighted by molar-refractivity contribution is -0.142. The van der Waals surface area contributed by atoms with Gasteiger partial charge in [-0.2, -0.15) is 5.10 Å². The Morgan fingerprint density at radius 1 is 1.16 bits per heavy atom. The number of aryl methyl sites for hydroxylation is 2. The van der Waals surface area contributed by atoms with Gasteiger partial charge >= 0.3 is 5.97 Å². The van der Waals surface area contributed by atoms with E-state index in [-0.39, 0.29) is 17.9 Å². The van der Waals surface area contributed by atoms with Gasteiger partial charge in [0, 0.05) is 11.6 Å². The number of amides is 1. The first-order valence-corrected chi connectivity index (χ1v) is 8.60. The summed E-state index contributed by atoms with van der Waals surface area (Å²) in [7, 11) is 0. The normalized spacial score (nSPS) is 20.2. The summed E-state index contributed by atoms with van der Waals surface area (Å²) in [5.41, 5.74) is 4.48. The second-order valence-electron chi connectivity index (χ2n) is 6.85. The first-order valence-electron chi connectivity index (χ1n) is 8.60. The molecule has 1 amide bonds. The van der Waals surface area contributed by atoms with E-state index in [9.17, 15) is 9.59 Å². The van der Waals surface area contributed by atoms with Gasteiger partial charge in [-0.3, -0.25) is 14.7 Å². The molecule has 1 heterocycles. The average Bonchev–Trinajstić information content (AvgIpc) is 3.05. The highest BCUT2D eigenvalue weighted by atomic mass is 16.4. The van der Waals surface area contributed by atoms with Gasteiger partial charge in [0.1, 0.15) is 5.69 Å². The molecule has 1 fully saturated rings. The zero-order valence-electron chi connectivity index (χ0n) is 14.5. The number of carboxylic acids is 1. The largest absolute Gasteiger partial charge is 0.481 e. The summed E-state index contributed by atoms with van der Waals surface area (Å²) in [6.45, 7) is 4.07. The quantitative estimate of drug-likeness (QED) is 0.796. The number of aromatic amines is 1. The maximum Gasteiger partial charge on any atom is 0.306 e. The van der Waals surface area contributed by atoms with Gasteiger partial charge in [0.15, 0.2) is 0 Å². The molecule has 0 bridgehead atoms. The molecule has 1 aliphatic rings. The van der Waals surface area contributed by atoms with Crippen LogP contribution in [0.2, 0.25) is 0 Å². The number of hydrogen-bond donors (Lipinski definition) is 3. The van der Waals surface area contributed by atoms with E-state index in [0.717, 1.165) is 16.8 Å². The van der Waals surface area contributed by atoms with Gasteiger partial charge in [-0.15, -0.1) is 0 Å². The van der Waals surface area contributed by atoms with E-state index >= 15 is 0 Å². The SMILES string of the molecule is Cc1ccc(-c2cc(C(=O)NC3CCC(C(=O)O)CC3)[nH]n2)c(C)c1. The first kappa shape index (κ1) is 17.2. The number of nitrogens with zero attached hydrogens (tertiary/aromatic N) is 1. The molecule has 0 atom stereocenters. The first-order chi connectivity index (χ1) is 11.9. The number of aromatic nitrogens is 2. The molecule has 25 heavy (non-hydrogen) atoms. The smallest absolute Gasteiger partial charge is 0.306 e. The predicted octanol–water partition coefficient (Wildman–Crippen LogP) is 3.07. The molecule has 0 aliphatic heterocycles. The molecule has 0 unspecified atom stereocenters. The highest BCUT2D eigenvalue weighted by Crippen LogP contribution is 2.25. The van der Waals surface area contributed by atoms with Crippen molar-refractivity contribution in [3.63, 3.8) is 0 Å². The Labute approximate surface area is 146 Å². The summed E-state index contributed by atoms with van der Waals surface area (Å²) in [4.78, 5) is 23.4. The molecular weight excluding hydrogens is 318 g/mol. The van der Waals surface area contributed by atoms with Gasteiger partial charge in [0.2, 0.25) is 0 Å². The molecule has 3 rings (SSSR count). The number of H-pyrrole nitrogens is 1. The minimum atomic E-state index is -0.739. The van der Waals surface area contributed by atoms with E-state index in [0.29, 0.717) is 31.4 Å². The number of carboxylic acid groups (broad SMARTS) is 1. The second kappa shape index (κ2) is 7.09. The number of carbonyl (C=O) groups excluding carboxylic acids is 1. The molecule has 3 N–H and O–H groups in total. The fraction of sp³-hybridized carbons (Fsp3) is 0.421. The number of nitrogens with one attached hydrogen (secondary N) is 2. The fourth-order valence-corrected chi connectivity index (χ4v) is 3.42. The van der Waals surface area contributed by atoms with Gasteiger partial charge in [-0.05, 0) is 51.2 Å². The molecule has 6 heteroatoms. The van der Waals surface area contributed by atoms with Crippen molar-refractivity contribution in [2.75, 3.05) is 0 Å². The van der Waals surface area contributed by atoms with Crippen LogP contribution in [-0.2, 0) is 4.79 Å². The van der Waals surface area contributed by atoms with Crippen LogP contribution in [0.25, 0.3) is 11.3 Å². The number of aliphatic carboxylic acids is 1. The Morgan fingerprint density at radius 3 is 2.52 bits per heavy atom. The minimum absolute atomic E-state index is 0.0240. The highest BCUT2D eigenvalue weighted by Gasteiger charge is 2.27. The van der Waals surface area contributed by atoms with E-state index in [2.05, 4.69) is 21.6 Å². The van der Waals surface area contributed by atoms with E-state index in [1.807, 2.05) is 26.0 Å². The summed E-state index contributed by atoms with van der Waals surface area (Å²) < 4.78 is 0. The lowest BCUT2D eigenvalue weighted by Crippen LogP contribution is -2.38. The molecule has 0 spiro atoms. The zero-order chi connectivity index (χ0) is 18.0. The van der Waals surface area contributed by atoms with Crippen LogP contribution >= 0.6 is 0 Å². The van der Waals surface area contributed by atoms with Crippen LogP contribution < -0.4 is 5.32 Å². The molecule has 1 aromatic heterocycles. The lowest BCUT2D eigenvalue weighted by atomic mass is 9.86. The van der Waals surface area contributed by atoms with Crippen LogP contribution in [-0.4, -0.2) is 33.2 Å². The third kappa shape index (κ3) is 3.90. The zero-order valence-corrected chi connectivity index (χ0v) is 14.5. The van der Waals surface area contributed by atoms with Crippen molar-refractivity contribution >= 4 is 11.9 Å². The Balaban J connectivity index is 1.64. The Bertz CT molecular complexity index is 789. The third-order valence-electron chi connectivity index (χ3n) is 4.89. The van der Waals surface area contributed by atoms with E-state index in [1.165, 1.54) is 5.56 Å². The van der Waals surface area contributed by atoms with Gasteiger partial charge in [0.05, 0.1) is 11.6 Å². The number of rotatable bonds is 4. The average molecular weight is 341 g/mol. The van der Waals surface area contributed by atoms with Crippen molar-refractivity contribution in [1.29, 1.82) is 0 Å². The van der Waals surface area contributed by atoms with Crippen molar-refractivity contribution in [1.82, 2.24) is 15.5 Å². The van der Waals surface area contributed by atoms with Crippen molar-refractivity contribution in [2.24, 2.45) is 5.92 Å². The fourth-order valence-electron chi connectivity index (χ4n) is 3.42. The molecule has 1 aliphatic carbocycles. The van der Waals surface area contributed by atoms with Crippen LogP contribution in [0.3, 0.4) is 0 Å². The van der Waals surface area contributed by atoms with E-state index in [1.54, 1.807) is 6.07 Å². The molecule has 1 saturated carbocycles. The van der Waals surface area contributed by atoms with Crippen LogP contribution in [0, 0.1) is 19.8 Å². The van der Waals surface area contributed by atoms with Crippen molar-refractivity contribution < 1.29 is 14.7 Å². The molecule has 0 saturated heterocycles. The number of hydrogen-bond acceptors (Lipinski definition) is 3. The molecule has 0 radical (unpaired) electrons. The summed E-state index contributed by atoms with van der Waals surface area (Å²) in [5, 5.41) is 19.1. The molecule has 6 nitrogen and oxygen atoms in total. The van der Waals surface area contributed by atoms with Crippen LogP contribution in [0.15, 0.2) is 24.3 Å². The second-order valence-corrected chi connectivity index (χ2v) is 6.85. The van der Waals surface area contributed by atoms with Crippen LogP contribution in [0.1, 0.15) is 47.3 Å². The molecule has 2 aromatic rings. The van der Waals surface area contributed by atoms with Crippen LogP contribution in [0.5, 0.6) is 0 Å². The van der Waals surface area contributed by atoms with Crippen molar-refractivity contribution in [3.05, 3.63) is 41.1 Å². The number of carbonyl (C=O) groups is 2. The highest BCUT2D eigenvalue weighted by molar-refractivity contribution is 5.93. The van der Waals surface area contributed by atoms with Gasteiger partial charge in [0.25, 0.3) is 5.91 Å². The predicted molar refractivity (Wildman–Crippen MR) is 94.3 cm³/mol. The Kier molecular flexibility index (Phi) is 4.88. The summed E-state index contributed by atoms with van der Waals surface area (Å²) in [6.07, 6.45) is 2.61. The third-order valence-corrected chi connectivity index (χ3v) is 4.89. The van der Waals surface area contributed by atoms with Gasteiger partial charge < -0.3 is 10.4 Å². The van der Waals surface area contributed by atoms with E-state index in [4.69, 9.17) is 5.11 Å². The topological polar surface area (TPSA) is 95.1 Å². The minimum Gasteiger partial charge on any atom is -0.481 e. The van der Waals surface area contributed by atoms with Crippen molar-refractivity contribution in [3.8, 4) is 11.3 Å². The lowest BCUT2D eigenvalue weighted by Gasteiger charge is -2.26. The summed E-state index contributed by atoms with van der Waals surface area (Å²) in [5.74, 6) is -1.21. The Hall–Kier alpha value is -2.63. The number of benzene rings is 1. The summed E-state index contributed by atoms with van der Waals surface area (Å²) >= 11 is 0. The van der Waals surface area contributed by atoms with E-state index < -0.39 is 5.97 Å². The maximum absolute atomic E-state index is 12.4. The molecule has 1 aromatic carbocycles. The van der Waals surface area contributed by atoms with Crippen LogP contribution in [0.4, 0.5) is 0 Å². The summed E-state index contributed by atoms with van der Waals surface area (Å²) in [6, 6.07) is 7.91. The van der Waals surface area contributed by atoms with Crippen molar-refractivity contribution in [2.45, 2.75) is 45.6 Å².